The van der Waals surface area contributed by atoms with E-state index in [2.05, 4.69) is 10.6 Å². The first-order valence-electron chi connectivity index (χ1n) is 7.94. The fourth-order valence-electron chi connectivity index (χ4n) is 2.36. The molecule has 14 heteroatoms. The lowest BCUT2D eigenvalue weighted by molar-refractivity contribution is -0.144. The predicted octanol–water partition coefficient (Wildman–Crippen LogP) is 7.24. The molecule has 2 nitrogen and oxygen atoms in total. The maximum atomic E-state index is 12.8. The zero-order valence-electron chi connectivity index (χ0n) is 14.7. The van der Waals surface area contributed by atoms with Crippen molar-refractivity contribution in [1.29, 1.82) is 0 Å². The van der Waals surface area contributed by atoms with Gasteiger partial charge in [-0.3, -0.25) is 0 Å². The molecular formula is C17H10F12N2. The topological polar surface area (TPSA) is 24.1 Å². The number of alkyl halides is 12. The molecule has 0 aromatic heterocycles. The van der Waals surface area contributed by atoms with Crippen LogP contribution >= 0.6 is 0 Å². The van der Waals surface area contributed by atoms with Gasteiger partial charge in [0, 0.05) is 11.4 Å². The fraction of sp³-hybridized carbons (Fsp3) is 0.294. The van der Waals surface area contributed by atoms with E-state index in [1.165, 1.54) is 0 Å². The first kappa shape index (κ1) is 24.5. The van der Waals surface area contributed by atoms with E-state index < -0.39 is 65.0 Å². The Balaban J connectivity index is 2.29. The normalized spacial score (nSPS) is 13.3. The third-order valence-electron chi connectivity index (χ3n) is 3.76. The molecule has 0 spiro atoms. The van der Waals surface area contributed by atoms with Crippen LogP contribution in [0.1, 0.15) is 22.3 Å². The van der Waals surface area contributed by atoms with Crippen LogP contribution < -0.4 is 10.6 Å². The summed E-state index contributed by atoms with van der Waals surface area (Å²) >= 11 is 0. The number of hydrogen-bond donors (Lipinski definition) is 2. The molecule has 0 radical (unpaired) electrons. The van der Waals surface area contributed by atoms with Gasteiger partial charge in [0.25, 0.3) is 0 Å². The van der Waals surface area contributed by atoms with E-state index >= 15 is 0 Å². The van der Waals surface area contributed by atoms with Gasteiger partial charge in [-0.25, -0.2) is 0 Å². The van der Waals surface area contributed by atoms with Crippen molar-refractivity contribution in [2.45, 2.75) is 24.7 Å². The van der Waals surface area contributed by atoms with Crippen LogP contribution in [-0.4, -0.2) is 6.67 Å². The highest BCUT2D eigenvalue weighted by atomic mass is 19.4. The quantitative estimate of drug-likeness (QED) is 0.364. The lowest BCUT2D eigenvalue weighted by Crippen LogP contribution is -2.17. The minimum absolute atomic E-state index is 0.138. The summed E-state index contributed by atoms with van der Waals surface area (Å²) in [6.07, 6.45) is -20.5. The van der Waals surface area contributed by atoms with Crippen molar-refractivity contribution in [3.05, 3.63) is 58.7 Å². The van der Waals surface area contributed by atoms with Crippen molar-refractivity contribution >= 4 is 11.4 Å². The van der Waals surface area contributed by atoms with Crippen molar-refractivity contribution in [2.24, 2.45) is 0 Å². The molecule has 2 rings (SSSR count). The molecule has 0 aliphatic heterocycles. The Morgan fingerprint density at radius 3 is 0.839 bits per heavy atom. The lowest BCUT2D eigenvalue weighted by atomic mass is 10.1. The van der Waals surface area contributed by atoms with Gasteiger partial charge in [-0.05, 0) is 36.4 Å². The van der Waals surface area contributed by atoms with Gasteiger partial charge in [-0.2, -0.15) is 52.7 Å². The number of nitrogens with one attached hydrogen (secondary N) is 2. The summed E-state index contributed by atoms with van der Waals surface area (Å²) in [5.41, 5.74) is -8.02. The lowest BCUT2D eigenvalue weighted by Gasteiger charge is -2.17. The van der Waals surface area contributed by atoms with E-state index in [9.17, 15) is 52.7 Å². The van der Waals surface area contributed by atoms with E-state index in [-0.39, 0.29) is 12.1 Å². The second-order valence-corrected chi connectivity index (χ2v) is 6.12. The Labute approximate surface area is 165 Å². The Kier molecular flexibility index (Phi) is 6.34. The Morgan fingerprint density at radius 1 is 0.419 bits per heavy atom. The molecular weight excluding hydrogens is 460 g/mol. The molecule has 0 amide bonds. The van der Waals surface area contributed by atoms with Crippen LogP contribution in [0.2, 0.25) is 0 Å². The molecule has 2 aromatic rings. The second-order valence-electron chi connectivity index (χ2n) is 6.12. The fourth-order valence-corrected chi connectivity index (χ4v) is 2.36. The number of hydrogen-bond acceptors (Lipinski definition) is 2. The van der Waals surface area contributed by atoms with E-state index in [4.69, 9.17) is 0 Å². The molecule has 0 heterocycles. The maximum Gasteiger partial charge on any atom is 0.416 e. The first-order chi connectivity index (χ1) is 13.9. The molecule has 0 atom stereocenters. The van der Waals surface area contributed by atoms with Crippen LogP contribution in [0.5, 0.6) is 0 Å². The number of halogens is 12. The molecule has 2 N–H and O–H groups in total. The highest BCUT2D eigenvalue weighted by Crippen LogP contribution is 2.39. The molecule has 0 aliphatic carbocycles. The standard InChI is InChI=1S/C17H10F12N2/c18-14(19,20)8-1-9(15(21,22)23)4-12(3-8)30-7-31-13-5-10(16(24,25)26)2-11(6-13)17(27,28)29/h1-6,30-31H,7H2. The van der Waals surface area contributed by atoms with Gasteiger partial charge in [0.05, 0.1) is 28.9 Å². The van der Waals surface area contributed by atoms with Gasteiger partial charge in [0.1, 0.15) is 0 Å². The molecule has 0 fully saturated rings. The second kappa shape index (κ2) is 8.04. The Bertz CT molecular complexity index is 783. The number of rotatable bonds is 4. The summed E-state index contributed by atoms with van der Waals surface area (Å²) in [6, 6.07) is 0.963. The average molecular weight is 470 g/mol. The molecule has 31 heavy (non-hydrogen) atoms. The summed E-state index contributed by atoms with van der Waals surface area (Å²) in [6.45, 7) is -0.781. The predicted molar refractivity (Wildman–Crippen MR) is 85.0 cm³/mol. The van der Waals surface area contributed by atoms with Gasteiger partial charge in [-0.15, -0.1) is 0 Å². The Morgan fingerprint density at radius 2 is 0.645 bits per heavy atom. The summed E-state index contributed by atoms with van der Waals surface area (Å²) < 4.78 is 154. The van der Waals surface area contributed by atoms with E-state index in [0.717, 1.165) is 0 Å². The van der Waals surface area contributed by atoms with E-state index in [0.29, 0.717) is 24.3 Å². The van der Waals surface area contributed by atoms with Crippen LogP contribution in [-0.2, 0) is 24.7 Å². The monoisotopic (exact) mass is 470 g/mol. The minimum Gasteiger partial charge on any atom is -0.368 e. The van der Waals surface area contributed by atoms with Crippen molar-refractivity contribution < 1.29 is 52.7 Å². The average Bonchev–Trinajstić information content (AvgIpc) is 2.58. The molecule has 172 valence electrons. The summed E-state index contributed by atoms with van der Waals surface area (Å²) in [7, 11) is 0. The zero-order chi connectivity index (χ0) is 23.8. The van der Waals surface area contributed by atoms with E-state index in [1.807, 2.05) is 0 Å². The van der Waals surface area contributed by atoms with Crippen LogP contribution in [0.3, 0.4) is 0 Å². The molecule has 0 saturated heterocycles. The molecule has 0 bridgehead atoms. The van der Waals surface area contributed by atoms with Crippen LogP contribution in [0.4, 0.5) is 64.1 Å². The van der Waals surface area contributed by atoms with E-state index in [1.54, 1.807) is 0 Å². The largest absolute Gasteiger partial charge is 0.416 e. The van der Waals surface area contributed by atoms with Crippen molar-refractivity contribution in [2.75, 3.05) is 17.3 Å². The van der Waals surface area contributed by atoms with Crippen LogP contribution in [0.15, 0.2) is 36.4 Å². The Hall–Kier alpha value is -2.80. The third kappa shape index (κ3) is 6.59. The smallest absolute Gasteiger partial charge is 0.368 e. The third-order valence-corrected chi connectivity index (χ3v) is 3.76. The first-order valence-corrected chi connectivity index (χ1v) is 7.94. The zero-order valence-corrected chi connectivity index (χ0v) is 14.7. The molecule has 0 saturated carbocycles. The van der Waals surface area contributed by atoms with Crippen molar-refractivity contribution in [3.63, 3.8) is 0 Å². The number of anilines is 2. The minimum atomic E-state index is -5.13. The molecule has 0 aliphatic rings. The SMILES string of the molecule is FC(F)(F)c1cc(NCNc2cc(C(F)(F)F)cc(C(F)(F)F)c2)cc(C(F)(F)F)c1. The van der Waals surface area contributed by atoms with Crippen molar-refractivity contribution in [1.82, 2.24) is 0 Å². The summed E-state index contributed by atoms with van der Waals surface area (Å²) in [5.74, 6) is 0. The van der Waals surface area contributed by atoms with Crippen LogP contribution in [0, 0.1) is 0 Å². The van der Waals surface area contributed by atoms with Gasteiger partial charge in [0.2, 0.25) is 0 Å². The van der Waals surface area contributed by atoms with Crippen LogP contribution in [0.25, 0.3) is 0 Å². The summed E-state index contributed by atoms with van der Waals surface area (Å²) in [5, 5.41) is 4.12. The highest BCUT2D eigenvalue weighted by Gasteiger charge is 2.38. The van der Waals surface area contributed by atoms with Crippen molar-refractivity contribution in [3.8, 4) is 0 Å². The molecule has 2 aromatic carbocycles. The van der Waals surface area contributed by atoms with Gasteiger partial charge < -0.3 is 10.6 Å². The number of benzene rings is 2. The summed E-state index contributed by atoms with van der Waals surface area (Å²) in [4.78, 5) is 0. The van der Waals surface area contributed by atoms with Gasteiger partial charge in [-0.1, -0.05) is 0 Å². The maximum absolute atomic E-state index is 12.8. The molecule has 0 unspecified atom stereocenters. The highest BCUT2D eigenvalue weighted by molar-refractivity contribution is 5.54. The van der Waals surface area contributed by atoms with Gasteiger partial charge in [0.15, 0.2) is 0 Å². The van der Waals surface area contributed by atoms with Gasteiger partial charge >= 0.3 is 24.7 Å².